The number of rotatable bonds is 6. The molecule has 5 nitrogen and oxygen atoms in total. The van der Waals surface area contributed by atoms with E-state index >= 15 is 0 Å². The molecule has 0 aliphatic rings. The van der Waals surface area contributed by atoms with Gasteiger partial charge in [-0.15, -0.1) is 11.3 Å². The monoisotopic (exact) mass is 443 g/mol. The second-order valence-electron chi connectivity index (χ2n) is 5.96. The summed E-state index contributed by atoms with van der Waals surface area (Å²) in [7, 11) is 0. The molecule has 1 heterocycles. The molecule has 0 radical (unpaired) electrons. The van der Waals surface area contributed by atoms with Gasteiger partial charge < -0.3 is 10.6 Å². The van der Waals surface area contributed by atoms with Crippen molar-refractivity contribution in [2.24, 2.45) is 0 Å². The first-order valence-electron chi connectivity index (χ1n) is 8.34. The number of hydrogen-bond acceptors (Lipinski definition) is 4. The summed E-state index contributed by atoms with van der Waals surface area (Å²) in [5.41, 5.74) is 2.68. The summed E-state index contributed by atoms with van der Waals surface area (Å²) in [4.78, 5) is 28.4. The van der Waals surface area contributed by atoms with Crippen LogP contribution in [0.5, 0.6) is 0 Å². The number of carbonyl (C=O) groups is 2. The molecule has 3 rings (SSSR count). The van der Waals surface area contributed by atoms with Gasteiger partial charge in [-0.1, -0.05) is 58.4 Å². The number of anilines is 1. The van der Waals surface area contributed by atoms with E-state index in [9.17, 15) is 9.59 Å². The van der Waals surface area contributed by atoms with Crippen LogP contribution in [0.2, 0.25) is 0 Å². The fraction of sp³-hybridized carbons (Fsp3) is 0.150. The molecule has 0 bridgehead atoms. The van der Waals surface area contributed by atoms with Crippen molar-refractivity contribution >= 4 is 44.2 Å². The molecule has 7 heteroatoms. The highest BCUT2D eigenvalue weighted by molar-refractivity contribution is 9.10. The summed E-state index contributed by atoms with van der Waals surface area (Å²) >= 11 is 4.78. The summed E-state index contributed by atoms with van der Waals surface area (Å²) < 4.78 is 1.000. The van der Waals surface area contributed by atoms with Crippen LogP contribution in [-0.2, 0) is 9.59 Å². The predicted molar refractivity (Wildman–Crippen MR) is 111 cm³/mol. The molecule has 0 aliphatic heterocycles. The van der Waals surface area contributed by atoms with Gasteiger partial charge in [0, 0.05) is 22.3 Å². The third kappa shape index (κ3) is 5.48. The lowest BCUT2D eigenvalue weighted by atomic mass is 10.0. The molecule has 0 aliphatic carbocycles. The largest absolute Gasteiger partial charge is 0.349 e. The highest BCUT2D eigenvalue weighted by Crippen LogP contribution is 2.26. The Balaban J connectivity index is 1.67. The van der Waals surface area contributed by atoms with Crippen LogP contribution in [0.3, 0.4) is 0 Å². The van der Waals surface area contributed by atoms with Gasteiger partial charge in [0.05, 0.1) is 18.2 Å². The van der Waals surface area contributed by atoms with E-state index in [0.29, 0.717) is 5.13 Å². The van der Waals surface area contributed by atoms with Gasteiger partial charge in [-0.05, 0) is 17.7 Å². The number of nitrogens with one attached hydrogen (secondary N) is 2. The lowest BCUT2D eigenvalue weighted by Crippen LogP contribution is -2.29. The summed E-state index contributed by atoms with van der Waals surface area (Å²) in [5, 5.41) is 8.09. The molecule has 2 aromatic carbocycles. The molecule has 3 aromatic rings. The second-order valence-corrected chi connectivity index (χ2v) is 7.73. The first-order chi connectivity index (χ1) is 13.0. The van der Waals surface area contributed by atoms with Gasteiger partial charge in [-0.25, -0.2) is 4.98 Å². The molecule has 0 saturated carbocycles. The summed E-state index contributed by atoms with van der Waals surface area (Å²) in [6.45, 7) is 1.44. The molecule has 0 saturated heterocycles. The normalized spacial score (nSPS) is 11.6. The van der Waals surface area contributed by atoms with Crippen molar-refractivity contribution in [3.8, 4) is 11.3 Å². The van der Waals surface area contributed by atoms with Gasteiger partial charge in [-0.2, -0.15) is 0 Å². The van der Waals surface area contributed by atoms with Crippen LogP contribution in [0.4, 0.5) is 5.13 Å². The van der Waals surface area contributed by atoms with E-state index in [1.165, 1.54) is 18.3 Å². The number of aromatic nitrogens is 1. The number of halogens is 1. The quantitative estimate of drug-likeness (QED) is 0.575. The van der Waals surface area contributed by atoms with Gasteiger partial charge in [0.1, 0.15) is 0 Å². The maximum atomic E-state index is 12.5. The Morgan fingerprint density at radius 2 is 1.81 bits per heavy atom. The minimum Gasteiger partial charge on any atom is -0.349 e. The molecule has 2 amide bonds. The number of benzene rings is 2. The van der Waals surface area contributed by atoms with E-state index < -0.39 is 0 Å². The number of amides is 2. The Morgan fingerprint density at radius 1 is 1.11 bits per heavy atom. The zero-order valence-corrected chi connectivity index (χ0v) is 17.0. The average Bonchev–Trinajstić information content (AvgIpc) is 3.10. The predicted octanol–water partition coefficient (Wildman–Crippen LogP) is 4.78. The molecule has 2 N–H and O–H groups in total. The van der Waals surface area contributed by atoms with Crippen LogP contribution in [0.1, 0.15) is 24.9 Å². The molecule has 0 fully saturated rings. The van der Waals surface area contributed by atoms with Gasteiger partial charge in [-0.3, -0.25) is 9.59 Å². The number of nitrogens with zero attached hydrogens (tertiary/aromatic N) is 1. The topological polar surface area (TPSA) is 71.1 Å². The highest BCUT2D eigenvalue weighted by Gasteiger charge is 2.18. The first-order valence-corrected chi connectivity index (χ1v) is 10.0. The molecule has 1 aromatic heterocycles. The first kappa shape index (κ1) is 19.3. The third-order valence-electron chi connectivity index (χ3n) is 3.86. The number of thiazole rings is 1. The van der Waals surface area contributed by atoms with E-state index in [1.807, 2.05) is 60.0 Å². The Morgan fingerprint density at radius 3 is 2.48 bits per heavy atom. The molecule has 27 heavy (non-hydrogen) atoms. The summed E-state index contributed by atoms with van der Waals surface area (Å²) in [5.74, 6) is -0.377. The second kappa shape index (κ2) is 8.92. The average molecular weight is 444 g/mol. The minimum atomic E-state index is -0.380. The van der Waals surface area contributed by atoms with Crippen molar-refractivity contribution in [2.75, 3.05) is 5.32 Å². The number of carbonyl (C=O) groups excluding carboxylic acids is 2. The van der Waals surface area contributed by atoms with Crippen molar-refractivity contribution in [1.82, 2.24) is 10.3 Å². The summed E-state index contributed by atoms with van der Waals surface area (Å²) in [6.07, 6.45) is 0.136. The summed E-state index contributed by atoms with van der Waals surface area (Å²) in [6, 6.07) is 16.9. The van der Waals surface area contributed by atoms with E-state index in [1.54, 1.807) is 0 Å². The molecular formula is C20H18BrN3O2S. The van der Waals surface area contributed by atoms with Crippen molar-refractivity contribution in [3.63, 3.8) is 0 Å². The van der Waals surface area contributed by atoms with Gasteiger partial charge in [0.15, 0.2) is 5.13 Å². The maximum absolute atomic E-state index is 12.5. The smallest absolute Gasteiger partial charge is 0.228 e. The van der Waals surface area contributed by atoms with Crippen molar-refractivity contribution in [1.29, 1.82) is 0 Å². The molecule has 1 atom stereocenters. The number of hydrogen-bond donors (Lipinski definition) is 2. The Bertz CT molecular complexity index is 926. The molecular weight excluding hydrogens is 426 g/mol. The van der Waals surface area contributed by atoms with Crippen molar-refractivity contribution in [2.45, 2.75) is 19.4 Å². The van der Waals surface area contributed by atoms with E-state index in [0.717, 1.165) is 21.3 Å². The standard InChI is InChI=1S/C20H18BrN3O2S/c1-13(25)22-17(14-5-3-2-4-6-14)11-19(26)24-20-23-18(12-27-20)15-7-9-16(21)10-8-15/h2-10,12,17H,11H2,1H3,(H,22,25)(H,23,24,26). The van der Waals surface area contributed by atoms with E-state index in [4.69, 9.17) is 0 Å². The fourth-order valence-corrected chi connectivity index (χ4v) is 3.62. The fourth-order valence-electron chi connectivity index (χ4n) is 2.62. The van der Waals surface area contributed by atoms with Crippen molar-refractivity contribution in [3.05, 3.63) is 70.0 Å². The van der Waals surface area contributed by atoms with Gasteiger partial charge >= 0.3 is 0 Å². The Hall–Kier alpha value is -2.51. The Kier molecular flexibility index (Phi) is 6.36. The lowest BCUT2D eigenvalue weighted by molar-refractivity contribution is -0.120. The van der Waals surface area contributed by atoms with Gasteiger partial charge in [0.2, 0.25) is 11.8 Å². The molecule has 0 spiro atoms. The van der Waals surface area contributed by atoms with Crippen molar-refractivity contribution < 1.29 is 9.59 Å². The van der Waals surface area contributed by atoms with Crippen LogP contribution in [0.15, 0.2) is 64.5 Å². The van der Waals surface area contributed by atoms with E-state index in [2.05, 4.69) is 31.5 Å². The molecule has 1 unspecified atom stereocenters. The van der Waals surface area contributed by atoms with Crippen LogP contribution in [0, 0.1) is 0 Å². The van der Waals surface area contributed by atoms with E-state index in [-0.39, 0.29) is 24.3 Å². The van der Waals surface area contributed by atoms with Crippen LogP contribution < -0.4 is 10.6 Å². The maximum Gasteiger partial charge on any atom is 0.228 e. The van der Waals surface area contributed by atoms with Crippen LogP contribution in [0.25, 0.3) is 11.3 Å². The minimum absolute atomic E-state index is 0.136. The Labute approximate surface area is 170 Å². The highest BCUT2D eigenvalue weighted by atomic mass is 79.9. The molecule has 138 valence electrons. The van der Waals surface area contributed by atoms with Gasteiger partial charge in [0.25, 0.3) is 0 Å². The third-order valence-corrected chi connectivity index (χ3v) is 5.15. The van der Waals surface area contributed by atoms with Crippen LogP contribution >= 0.6 is 27.3 Å². The lowest BCUT2D eigenvalue weighted by Gasteiger charge is -2.17. The zero-order valence-electron chi connectivity index (χ0n) is 14.6. The SMILES string of the molecule is CC(=O)NC(CC(=O)Nc1nc(-c2ccc(Br)cc2)cs1)c1ccccc1. The zero-order chi connectivity index (χ0) is 19.2. The van der Waals surface area contributed by atoms with Crippen LogP contribution in [-0.4, -0.2) is 16.8 Å².